The summed E-state index contributed by atoms with van der Waals surface area (Å²) in [7, 11) is 4.30. The summed E-state index contributed by atoms with van der Waals surface area (Å²) < 4.78 is 2.18. The quantitative estimate of drug-likeness (QED) is 0.798. The zero-order chi connectivity index (χ0) is 12.5. The number of benzene rings is 1. The first-order chi connectivity index (χ1) is 8.72. The number of rotatable bonds is 2. The van der Waals surface area contributed by atoms with Crippen molar-refractivity contribution in [2.24, 2.45) is 7.05 Å². The lowest BCUT2D eigenvalue weighted by Gasteiger charge is -2.32. The van der Waals surface area contributed by atoms with E-state index in [4.69, 9.17) is 0 Å². The van der Waals surface area contributed by atoms with Crippen molar-refractivity contribution >= 4 is 10.9 Å². The summed E-state index contributed by atoms with van der Waals surface area (Å²) in [6.07, 6.45) is 2.13. The number of piperazine rings is 1. The van der Waals surface area contributed by atoms with Crippen LogP contribution in [0, 0.1) is 0 Å². The van der Waals surface area contributed by atoms with Crippen LogP contribution < -0.4 is 0 Å². The second-order valence-electron chi connectivity index (χ2n) is 5.40. The monoisotopic (exact) mass is 243 g/mol. The maximum Gasteiger partial charge on any atom is 0.0477 e. The molecule has 3 rings (SSSR count). The summed E-state index contributed by atoms with van der Waals surface area (Å²) in [6.45, 7) is 5.83. The van der Waals surface area contributed by atoms with E-state index < -0.39 is 0 Å². The average molecular weight is 243 g/mol. The molecule has 1 aliphatic heterocycles. The predicted molar refractivity (Wildman–Crippen MR) is 75.7 cm³/mol. The van der Waals surface area contributed by atoms with Crippen LogP contribution in [-0.2, 0) is 13.6 Å². The van der Waals surface area contributed by atoms with E-state index in [-0.39, 0.29) is 0 Å². The molecule has 2 heterocycles. The van der Waals surface area contributed by atoms with Gasteiger partial charge in [-0.3, -0.25) is 4.90 Å². The normalized spacial score (nSPS) is 18.6. The van der Waals surface area contributed by atoms with Gasteiger partial charge in [-0.2, -0.15) is 0 Å². The lowest BCUT2D eigenvalue weighted by molar-refractivity contribution is 0.148. The van der Waals surface area contributed by atoms with Crippen LogP contribution in [0.1, 0.15) is 5.56 Å². The van der Waals surface area contributed by atoms with Gasteiger partial charge in [-0.1, -0.05) is 6.07 Å². The van der Waals surface area contributed by atoms with Crippen molar-refractivity contribution in [3.05, 3.63) is 36.0 Å². The van der Waals surface area contributed by atoms with Gasteiger partial charge < -0.3 is 9.47 Å². The number of likely N-dealkylation sites (N-methyl/N-ethyl adjacent to an activating group) is 1. The van der Waals surface area contributed by atoms with E-state index in [1.54, 1.807) is 0 Å². The largest absolute Gasteiger partial charge is 0.351 e. The SMILES string of the molecule is CN1CCN(Cc2ccc3c(ccn3C)c2)CC1. The van der Waals surface area contributed by atoms with Gasteiger partial charge in [-0.15, -0.1) is 0 Å². The summed E-state index contributed by atoms with van der Waals surface area (Å²) >= 11 is 0. The van der Waals surface area contributed by atoms with Crippen molar-refractivity contribution in [3.63, 3.8) is 0 Å². The van der Waals surface area contributed by atoms with Gasteiger partial charge in [0.05, 0.1) is 0 Å². The molecule has 0 unspecified atom stereocenters. The molecule has 1 aromatic carbocycles. The molecule has 1 aliphatic rings. The Morgan fingerprint density at radius 2 is 1.78 bits per heavy atom. The lowest BCUT2D eigenvalue weighted by Crippen LogP contribution is -2.43. The summed E-state index contributed by atoms with van der Waals surface area (Å²) in [6, 6.07) is 9.03. The Balaban J connectivity index is 1.74. The summed E-state index contributed by atoms with van der Waals surface area (Å²) in [5.41, 5.74) is 2.75. The van der Waals surface area contributed by atoms with Gasteiger partial charge in [0, 0.05) is 51.5 Å². The van der Waals surface area contributed by atoms with Gasteiger partial charge in [0.2, 0.25) is 0 Å². The Bertz CT molecular complexity index is 536. The highest BCUT2D eigenvalue weighted by Crippen LogP contribution is 2.18. The van der Waals surface area contributed by atoms with Crippen LogP contribution >= 0.6 is 0 Å². The first-order valence-electron chi connectivity index (χ1n) is 6.67. The molecule has 96 valence electrons. The van der Waals surface area contributed by atoms with Crippen molar-refractivity contribution in [3.8, 4) is 0 Å². The third kappa shape index (κ3) is 2.28. The predicted octanol–water partition coefficient (Wildman–Crippen LogP) is 1.93. The summed E-state index contributed by atoms with van der Waals surface area (Å²) in [4.78, 5) is 4.95. The van der Waals surface area contributed by atoms with Crippen molar-refractivity contribution < 1.29 is 0 Å². The van der Waals surface area contributed by atoms with E-state index in [9.17, 15) is 0 Å². The third-order valence-electron chi connectivity index (χ3n) is 3.95. The average Bonchev–Trinajstić information content (AvgIpc) is 2.74. The highest BCUT2D eigenvalue weighted by molar-refractivity contribution is 5.80. The van der Waals surface area contributed by atoms with Crippen LogP contribution in [0.3, 0.4) is 0 Å². The van der Waals surface area contributed by atoms with Crippen LogP contribution in [0.2, 0.25) is 0 Å². The van der Waals surface area contributed by atoms with Crippen LogP contribution in [0.4, 0.5) is 0 Å². The Morgan fingerprint density at radius 3 is 2.56 bits per heavy atom. The van der Waals surface area contributed by atoms with Crippen molar-refractivity contribution in [1.82, 2.24) is 14.4 Å². The molecule has 1 aromatic heterocycles. The number of hydrogen-bond acceptors (Lipinski definition) is 2. The maximum absolute atomic E-state index is 2.55. The summed E-state index contributed by atoms with van der Waals surface area (Å²) in [5, 5.41) is 1.35. The smallest absolute Gasteiger partial charge is 0.0477 e. The first kappa shape index (κ1) is 11.8. The highest BCUT2D eigenvalue weighted by Gasteiger charge is 2.13. The molecule has 0 bridgehead atoms. The highest BCUT2D eigenvalue weighted by atomic mass is 15.2. The van der Waals surface area contributed by atoms with E-state index in [1.165, 1.54) is 42.6 Å². The Morgan fingerprint density at radius 1 is 1.00 bits per heavy atom. The molecule has 0 atom stereocenters. The molecule has 3 nitrogen and oxygen atoms in total. The number of nitrogens with zero attached hydrogens (tertiary/aromatic N) is 3. The lowest BCUT2D eigenvalue weighted by atomic mass is 10.1. The van der Waals surface area contributed by atoms with Crippen LogP contribution in [0.25, 0.3) is 10.9 Å². The Kier molecular flexibility index (Phi) is 3.10. The maximum atomic E-state index is 2.55. The standard InChI is InChI=1S/C15H21N3/c1-16-7-9-18(10-8-16)12-13-3-4-15-14(11-13)5-6-17(15)2/h3-6,11H,7-10,12H2,1-2H3. The van der Waals surface area contributed by atoms with Crippen molar-refractivity contribution in [1.29, 1.82) is 0 Å². The molecule has 0 spiro atoms. The van der Waals surface area contributed by atoms with Crippen LogP contribution in [0.5, 0.6) is 0 Å². The molecule has 1 saturated heterocycles. The van der Waals surface area contributed by atoms with Gasteiger partial charge >= 0.3 is 0 Å². The molecule has 0 amide bonds. The molecule has 3 heteroatoms. The van der Waals surface area contributed by atoms with Crippen LogP contribution in [-0.4, -0.2) is 47.6 Å². The first-order valence-corrected chi connectivity index (χ1v) is 6.67. The van der Waals surface area contributed by atoms with Gasteiger partial charge in [0.15, 0.2) is 0 Å². The van der Waals surface area contributed by atoms with E-state index in [0.717, 1.165) is 6.54 Å². The molecule has 2 aromatic rings. The van der Waals surface area contributed by atoms with E-state index >= 15 is 0 Å². The number of aryl methyl sites for hydroxylation is 1. The van der Waals surface area contributed by atoms with Gasteiger partial charge in [-0.05, 0) is 36.2 Å². The second-order valence-corrected chi connectivity index (χ2v) is 5.40. The van der Waals surface area contributed by atoms with Gasteiger partial charge in [-0.25, -0.2) is 0 Å². The molecule has 18 heavy (non-hydrogen) atoms. The molecule has 0 N–H and O–H groups in total. The zero-order valence-corrected chi connectivity index (χ0v) is 11.3. The minimum Gasteiger partial charge on any atom is -0.351 e. The zero-order valence-electron chi connectivity index (χ0n) is 11.3. The van der Waals surface area contributed by atoms with Crippen molar-refractivity contribution in [2.75, 3.05) is 33.2 Å². The van der Waals surface area contributed by atoms with Gasteiger partial charge in [0.1, 0.15) is 0 Å². The fourth-order valence-corrected chi connectivity index (χ4v) is 2.69. The Labute approximate surface area is 109 Å². The number of aromatic nitrogens is 1. The van der Waals surface area contributed by atoms with Gasteiger partial charge in [0.25, 0.3) is 0 Å². The molecule has 1 fully saturated rings. The van der Waals surface area contributed by atoms with E-state index in [1.807, 2.05) is 0 Å². The van der Waals surface area contributed by atoms with Crippen LogP contribution in [0.15, 0.2) is 30.5 Å². The molecular formula is C15H21N3. The second kappa shape index (κ2) is 4.75. The van der Waals surface area contributed by atoms with E-state index in [0.29, 0.717) is 0 Å². The minimum atomic E-state index is 1.08. The Hall–Kier alpha value is -1.32. The topological polar surface area (TPSA) is 11.4 Å². The molecule has 0 saturated carbocycles. The molecular weight excluding hydrogens is 222 g/mol. The fourth-order valence-electron chi connectivity index (χ4n) is 2.69. The minimum absolute atomic E-state index is 1.08. The summed E-state index contributed by atoms with van der Waals surface area (Å²) in [5.74, 6) is 0. The number of hydrogen-bond donors (Lipinski definition) is 0. The third-order valence-corrected chi connectivity index (χ3v) is 3.95. The fraction of sp³-hybridized carbons (Fsp3) is 0.467. The van der Waals surface area contributed by atoms with E-state index in [2.05, 4.69) is 58.9 Å². The molecule has 0 radical (unpaired) electrons. The number of fused-ring (bicyclic) bond motifs is 1. The van der Waals surface area contributed by atoms with Crippen molar-refractivity contribution in [2.45, 2.75) is 6.54 Å². The molecule has 0 aliphatic carbocycles.